The number of aromatic hydroxyl groups is 1. The molecule has 2 aliphatic rings. The molecule has 2 N–H and O–H groups in total. The Bertz CT molecular complexity index is 849. The first-order valence-corrected chi connectivity index (χ1v) is 8.09. The van der Waals surface area contributed by atoms with Crippen molar-refractivity contribution < 1.29 is 24.4 Å². The standard InChI is InChI=1S/C17H19N3O6/c1-15(2)16(3)6-7-17(15,26-14(16)23)13(22)19-18-9-10-8-11(20(24)25)4-5-12(10)21/h4-5,8-9,21H,6-7H2,1-3H3,(H,19,22)/b18-9+. The molecule has 1 aliphatic heterocycles. The quantitative estimate of drug-likeness (QED) is 0.364. The van der Waals surface area contributed by atoms with Gasteiger partial charge in [0.2, 0.25) is 0 Å². The van der Waals surface area contributed by atoms with Crippen LogP contribution in [0.1, 0.15) is 39.2 Å². The average Bonchev–Trinajstić information content (AvgIpc) is 2.86. The van der Waals surface area contributed by atoms with E-state index in [-0.39, 0.29) is 17.0 Å². The first-order chi connectivity index (χ1) is 12.0. The zero-order valence-electron chi connectivity index (χ0n) is 14.6. The molecule has 1 aromatic carbocycles. The number of rotatable bonds is 4. The van der Waals surface area contributed by atoms with Crippen molar-refractivity contribution in [3.63, 3.8) is 0 Å². The summed E-state index contributed by atoms with van der Waals surface area (Å²) in [7, 11) is 0. The number of hydrogen-bond donors (Lipinski definition) is 2. The molecular formula is C17H19N3O6. The number of ether oxygens (including phenoxy) is 1. The van der Waals surface area contributed by atoms with Crippen LogP contribution < -0.4 is 5.43 Å². The number of esters is 1. The van der Waals surface area contributed by atoms with E-state index in [0.717, 1.165) is 18.3 Å². The fourth-order valence-corrected chi connectivity index (χ4v) is 3.76. The minimum absolute atomic E-state index is 0.0796. The van der Waals surface area contributed by atoms with Gasteiger partial charge in [-0.05, 0) is 25.8 Å². The van der Waals surface area contributed by atoms with Crippen LogP contribution in [0.2, 0.25) is 0 Å². The van der Waals surface area contributed by atoms with Gasteiger partial charge in [0.1, 0.15) is 5.75 Å². The molecule has 138 valence electrons. The summed E-state index contributed by atoms with van der Waals surface area (Å²) < 4.78 is 5.44. The highest BCUT2D eigenvalue weighted by molar-refractivity contribution is 5.96. The van der Waals surface area contributed by atoms with Gasteiger partial charge in [-0.3, -0.25) is 19.7 Å². The second kappa shape index (κ2) is 5.52. The molecule has 26 heavy (non-hydrogen) atoms. The fourth-order valence-electron chi connectivity index (χ4n) is 3.76. The van der Waals surface area contributed by atoms with Crippen LogP contribution in [0.15, 0.2) is 23.3 Å². The minimum atomic E-state index is -1.30. The Morgan fingerprint density at radius 1 is 1.38 bits per heavy atom. The van der Waals surface area contributed by atoms with Crippen LogP contribution in [0.3, 0.4) is 0 Å². The van der Waals surface area contributed by atoms with Crippen LogP contribution in [0, 0.1) is 20.9 Å². The maximum Gasteiger partial charge on any atom is 0.313 e. The van der Waals surface area contributed by atoms with Gasteiger partial charge in [-0.15, -0.1) is 0 Å². The first kappa shape index (κ1) is 17.8. The zero-order chi connectivity index (χ0) is 19.3. The molecule has 1 saturated heterocycles. The van der Waals surface area contributed by atoms with E-state index in [0.29, 0.717) is 12.8 Å². The highest BCUT2D eigenvalue weighted by atomic mass is 16.6. The van der Waals surface area contributed by atoms with E-state index in [1.54, 1.807) is 6.92 Å². The zero-order valence-corrected chi connectivity index (χ0v) is 14.6. The molecule has 3 rings (SSSR count). The van der Waals surface area contributed by atoms with E-state index in [1.807, 2.05) is 13.8 Å². The van der Waals surface area contributed by atoms with E-state index in [1.165, 1.54) is 6.07 Å². The minimum Gasteiger partial charge on any atom is -0.507 e. The van der Waals surface area contributed by atoms with Crippen molar-refractivity contribution in [1.82, 2.24) is 5.43 Å². The lowest BCUT2D eigenvalue weighted by Crippen LogP contribution is -2.52. The Morgan fingerprint density at radius 2 is 2.08 bits per heavy atom. The van der Waals surface area contributed by atoms with Gasteiger partial charge in [-0.25, -0.2) is 5.43 Å². The molecule has 9 nitrogen and oxygen atoms in total. The van der Waals surface area contributed by atoms with Crippen molar-refractivity contribution in [1.29, 1.82) is 0 Å². The largest absolute Gasteiger partial charge is 0.507 e. The van der Waals surface area contributed by atoms with Crippen LogP contribution in [-0.2, 0) is 14.3 Å². The second-order valence-corrected chi connectivity index (χ2v) is 7.37. The number of phenolic OH excluding ortho intramolecular Hbond substituents is 1. The Hall–Kier alpha value is -2.97. The number of nitro benzene ring substituents is 1. The number of benzene rings is 1. The highest BCUT2D eigenvalue weighted by Gasteiger charge is 2.75. The van der Waals surface area contributed by atoms with Crippen LogP contribution in [0.5, 0.6) is 5.75 Å². The third-order valence-corrected chi connectivity index (χ3v) is 6.04. The van der Waals surface area contributed by atoms with Gasteiger partial charge in [0, 0.05) is 23.1 Å². The third-order valence-electron chi connectivity index (χ3n) is 6.04. The normalized spacial score (nSPS) is 29.0. The monoisotopic (exact) mass is 361 g/mol. The van der Waals surface area contributed by atoms with Gasteiger partial charge < -0.3 is 9.84 Å². The molecule has 2 unspecified atom stereocenters. The van der Waals surface area contributed by atoms with Gasteiger partial charge >= 0.3 is 5.97 Å². The molecule has 0 aromatic heterocycles. The van der Waals surface area contributed by atoms with Crippen molar-refractivity contribution in [2.75, 3.05) is 0 Å². The summed E-state index contributed by atoms with van der Waals surface area (Å²) in [5.74, 6) is -1.17. The summed E-state index contributed by atoms with van der Waals surface area (Å²) >= 11 is 0. The molecular weight excluding hydrogens is 342 g/mol. The highest BCUT2D eigenvalue weighted by Crippen LogP contribution is 2.65. The van der Waals surface area contributed by atoms with E-state index >= 15 is 0 Å². The summed E-state index contributed by atoms with van der Waals surface area (Å²) in [5, 5.41) is 24.3. The summed E-state index contributed by atoms with van der Waals surface area (Å²) in [6.07, 6.45) is 2.04. The smallest absolute Gasteiger partial charge is 0.313 e. The summed E-state index contributed by atoms with van der Waals surface area (Å²) in [4.78, 5) is 35.1. The van der Waals surface area contributed by atoms with Crippen molar-refractivity contribution in [2.24, 2.45) is 15.9 Å². The van der Waals surface area contributed by atoms with Crippen molar-refractivity contribution in [3.8, 4) is 5.75 Å². The van der Waals surface area contributed by atoms with Gasteiger partial charge in [-0.2, -0.15) is 5.10 Å². The Kier molecular flexibility index (Phi) is 3.78. The van der Waals surface area contributed by atoms with Crippen LogP contribution in [0.4, 0.5) is 5.69 Å². The number of nitrogens with one attached hydrogen (secondary N) is 1. The van der Waals surface area contributed by atoms with E-state index in [4.69, 9.17) is 4.74 Å². The van der Waals surface area contributed by atoms with Crippen molar-refractivity contribution >= 4 is 23.8 Å². The van der Waals surface area contributed by atoms with Crippen molar-refractivity contribution in [2.45, 2.75) is 39.2 Å². The van der Waals surface area contributed by atoms with Crippen molar-refractivity contribution in [3.05, 3.63) is 33.9 Å². The molecule has 1 aromatic rings. The number of hydrogen-bond acceptors (Lipinski definition) is 7. The lowest BCUT2D eigenvalue weighted by molar-refractivity contribution is -0.384. The Morgan fingerprint density at radius 3 is 2.62 bits per heavy atom. The number of fused-ring (bicyclic) bond motifs is 2. The lowest BCUT2D eigenvalue weighted by atomic mass is 9.66. The third kappa shape index (κ3) is 2.19. The number of carbonyl (C=O) groups excluding carboxylic acids is 2. The molecule has 2 bridgehead atoms. The summed E-state index contributed by atoms with van der Waals surface area (Å²) in [6.45, 7) is 5.43. The molecule has 0 radical (unpaired) electrons. The maximum absolute atomic E-state index is 12.7. The predicted molar refractivity (Wildman–Crippen MR) is 90.4 cm³/mol. The molecule has 2 atom stereocenters. The Balaban J connectivity index is 1.80. The summed E-state index contributed by atoms with van der Waals surface area (Å²) in [5.41, 5.74) is -0.542. The van der Waals surface area contributed by atoms with Gasteiger partial charge in [0.25, 0.3) is 11.6 Å². The van der Waals surface area contributed by atoms with E-state index < -0.39 is 33.2 Å². The summed E-state index contributed by atoms with van der Waals surface area (Å²) in [6, 6.07) is 3.46. The van der Waals surface area contributed by atoms with Gasteiger partial charge in [0.15, 0.2) is 5.60 Å². The number of phenols is 1. The van der Waals surface area contributed by atoms with Crippen LogP contribution in [-0.4, -0.2) is 33.7 Å². The fraction of sp³-hybridized carbons (Fsp3) is 0.471. The van der Waals surface area contributed by atoms with Crippen LogP contribution >= 0.6 is 0 Å². The molecule has 2 fully saturated rings. The molecule has 1 heterocycles. The Labute approximate surface area is 149 Å². The number of nitro groups is 1. The number of non-ortho nitro benzene ring substituents is 1. The number of carbonyl (C=O) groups is 2. The topological polar surface area (TPSA) is 131 Å². The maximum atomic E-state index is 12.7. The molecule has 1 aliphatic carbocycles. The SMILES string of the molecule is CC12CCC(C(=O)N/N=C/c3cc([N+](=O)[O-])ccc3O)(OC1=O)C2(C)C. The van der Waals surface area contributed by atoms with Crippen LogP contribution in [0.25, 0.3) is 0 Å². The van der Waals surface area contributed by atoms with Gasteiger partial charge in [0.05, 0.1) is 16.6 Å². The molecule has 0 spiro atoms. The number of amides is 1. The molecule has 1 amide bonds. The second-order valence-electron chi connectivity index (χ2n) is 7.37. The lowest BCUT2D eigenvalue weighted by Gasteiger charge is -2.34. The number of hydrazone groups is 1. The average molecular weight is 361 g/mol. The molecule has 1 saturated carbocycles. The predicted octanol–water partition coefficient (Wildman–Crippen LogP) is 1.87. The van der Waals surface area contributed by atoms with Gasteiger partial charge in [-0.1, -0.05) is 13.8 Å². The molecule has 9 heteroatoms. The van der Waals surface area contributed by atoms with E-state index in [9.17, 15) is 24.8 Å². The number of nitrogens with zero attached hydrogens (tertiary/aromatic N) is 2. The first-order valence-electron chi connectivity index (χ1n) is 8.09. The van der Waals surface area contributed by atoms with E-state index in [2.05, 4.69) is 10.5 Å².